The summed E-state index contributed by atoms with van der Waals surface area (Å²) >= 11 is 0. The van der Waals surface area contributed by atoms with Crippen molar-refractivity contribution in [2.45, 2.75) is 149 Å². The molecule has 10 atom stereocenters. The normalized spacial score (nSPS) is 39.6. The van der Waals surface area contributed by atoms with Crippen LogP contribution in [-0.4, -0.2) is 36.6 Å². The van der Waals surface area contributed by atoms with Crippen molar-refractivity contribution in [1.29, 1.82) is 0 Å². The lowest BCUT2D eigenvalue weighted by atomic mass is 9.80. The predicted molar refractivity (Wildman–Crippen MR) is 143 cm³/mol. The Balaban J connectivity index is 1.54. The van der Waals surface area contributed by atoms with Crippen LogP contribution in [0.2, 0.25) is 0 Å². The highest BCUT2D eigenvalue weighted by Crippen LogP contribution is 2.43. The van der Waals surface area contributed by atoms with Crippen LogP contribution < -0.4 is 0 Å². The highest BCUT2D eigenvalue weighted by Gasteiger charge is 2.43. The van der Waals surface area contributed by atoms with E-state index in [0.29, 0.717) is 36.1 Å². The molecule has 0 spiro atoms. The zero-order valence-electron chi connectivity index (χ0n) is 23.2. The lowest BCUT2D eigenvalue weighted by Crippen LogP contribution is -2.37. The maximum absolute atomic E-state index is 6.72. The molecule has 3 aliphatic heterocycles. The Labute approximate surface area is 211 Å². The van der Waals surface area contributed by atoms with Crippen LogP contribution in [0, 0.1) is 23.7 Å². The topological polar surface area (TPSA) is 27.7 Å². The van der Waals surface area contributed by atoms with Gasteiger partial charge in [-0.15, -0.1) is 0 Å². The Bertz CT molecular complexity index is 657. The number of hydrogen-bond acceptors (Lipinski definition) is 3. The first kappa shape index (κ1) is 27.9. The molecule has 0 aromatic carbocycles. The Morgan fingerprint density at radius 3 is 2.32 bits per heavy atom. The minimum Gasteiger partial charge on any atom is -0.374 e. The molecule has 3 fully saturated rings. The van der Waals surface area contributed by atoms with Gasteiger partial charge in [0.15, 0.2) is 0 Å². The van der Waals surface area contributed by atoms with Crippen molar-refractivity contribution in [1.82, 2.24) is 0 Å². The molecule has 3 aliphatic rings. The molecule has 0 N–H and O–H groups in total. The van der Waals surface area contributed by atoms with Gasteiger partial charge in [-0.1, -0.05) is 80.4 Å². The first-order chi connectivity index (χ1) is 16.3. The molecule has 0 aromatic heterocycles. The summed E-state index contributed by atoms with van der Waals surface area (Å²) in [5.41, 5.74) is 2.56. The zero-order valence-corrected chi connectivity index (χ0v) is 23.2. The van der Waals surface area contributed by atoms with Gasteiger partial charge in [-0.05, 0) is 73.3 Å². The molecule has 196 valence electrons. The largest absolute Gasteiger partial charge is 0.374 e. The van der Waals surface area contributed by atoms with Crippen molar-refractivity contribution in [2.75, 3.05) is 0 Å². The third-order valence-corrected chi connectivity index (χ3v) is 9.29. The summed E-state index contributed by atoms with van der Waals surface area (Å²) in [5.74, 6) is 2.48. The first-order valence-corrected chi connectivity index (χ1v) is 14.6. The monoisotopic (exact) mass is 474 g/mol. The van der Waals surface area contributed by atoms with Gasteiger partial charge < -0.3 is 14.2 Å². The summed E-state index contributed by atoms with van der Waals surface area (Å²) in [5, 5.41) is 0. The highest BCUT2D eigenvalue weighted by atomic mass is 16.5. The van der Waals surface area contributed by atoms with E-state index in [0.717, 1.165) is 38.0 Å². The van der Waals surface area contributed by atoms with Gasteiger partial charge in [-0.25, -0.2) is 0 Å². The van der Waals surface area contributed by atoms with Crippen molar-refractivity contribution < 1.29 is 14.2 Å². The molecular weight excluding hydrogens is 420 g/mol. The summed E-state index contributed by atoms with van der Waals surface area (Å²) in [6, 6.07) is 0. The Morgan fingerprint density at radius 1 is 0.912 bits per heavy atom. The van der Waals surface area contributed by atoms with E-state index < -0.39 is 0 Å². The summed E-state index contributed by atoms with van der Waals surface area (Å²) in [6.07, 6.45) is 14.1. The van der Waals surface area contributed by atoms with Gasteiger partial charge in [-0.2, -0.15) is 0 Å². The van der Waals surface area contributed by atoms with Crippen LogP contribution >= 0.6 is 0 Å². The lowest BCUT2D eigenvalue weighted by Gasteiger charge is -2.38. The Morgan fingerprint density at radius 2 is 1.65 bits per heavy atom. The van der Waals surface area contributed by atoms with Crippen molar-refractivity contribution >= 4 is 0 Å². The number of hydrogen-bond donors (Lipinski definition) is 0. The Kier molecular flexibility index (Phi) is 10.7. The first-order valence-electron chi connectivity index (χ1n) is 14.6. The fourth-order valence-electron chi connectivity index (χ4n) is 6.62. The van der Waals surface area contributed by atoms with E-state index in [1.807, 2.05) is 0 Å². The molecular formula is C31H54O3. The number of unbranched alkanes of at least 4 members (excludes halogenated alkanes) is 1. The van der Waals surface area contributed by atoms with Crippen LogP contribution in [-0.2, 0) is 14.2 Å². The van der Waals surface area contributed by atoms with E-state index >= 15 is 0 Å². The van der Waals surface area contributed by atoms with E-state index in [9.17, 15) is 0 Å². The average Bonchev–Trinajstić information content (AvgIpc) is 3.31. The minimum absolute atomic E-state index is 0.118. The molecule has 0 bridgehead atoms. The molecule has 0 aliphatic carbocycles. The van der Waals surface area contributed by atoms with Gasteiger partial charge in [0.25, 0.3) is 0 Å². The van der Waals surface area contributed by atoms with Gasteiger partial charge >= 0.3 is 0 Å². The van der Waals surface area contributed by atoms with E-state index in [-0.39, 0.29) is 18.3 Å². The standard InChI is InChI=1S/C31H54O3/c1-9-12-13-25-18-22(6)28(32-25)15-14-26-17-21(5)23(7)30(33-26)19-31-27(11-3)24(8)29(34-31)16-20(4)10-2/h20-21,24-31H,6-7,9-19H2,1-5,8H3/t20-,21-,24-,25+,26+,27-,28?,29-,30?,31+/m1/s1. The second-order valence-electron chi connectivity index (χ2n) is 11.9. The van der Waals surface area contributed by atoms with Crippen LogP contribution in [0.5, 0.6) is 0 Å². The maximum atomic E-state index is 6.72. The fourth-order valence-corrected chi connectivity index (χ4v) is 6.62. The molecule has 3 heterocycles. The van der Waals surface area contributed by atoms with Crippen LogP contribution in [0.15, 0.2) is 24.3 Å². The molecule has 0 amide bonds. The van der Waals surface area contributed by atoms with Gasteiger partial charge in [-0.3, -0.25) is 0 Å². The highest BCUT2D eigenvalue weighted by molar-refractivity contribution is 5.12. The molecule has 3 heteroatoms. The van der Waals surface area contributed by atoms with Crippen LogP contribution in [0.1, 0.15) is 112 Å². The lowest BCUT2D eigenvalue weighted by molar-refractivity contribution is -0.0745. The third kappa shape index (κ3) is 6.98. The number of rotatable bonds is 12. The molecule has 0 saturated carbocycles. The van der Waals surface area contributed by atoms with Crippen molar-refractivity contribution in [3.05, 3.63) is 24.3 Å². The van der Waals surface area contributed by atoms with E-state index in [1.165, 1.54) is 49.7 Å². The Hall–Kier alpha value is -0.640. The van der Waals surface area contributed by atoms with E-state index in [2.05, 4.69) is 54.7 Å². The average molecular weight is 475 g/mol. The maximum Gasteiger partial charge on any atom is 0.0813 e. The van der Waals surface area contributed by atoms with Gasteiger partial charge in [0.2, 0.25) is 0 Å². The molecule has 2 unspecified atom stereocenters. The fraction of sp³-hybridized carbons (Fsp3) is 0.871. The molecule has 34 heavy (non-hydrogen) atoms. The molecule has 0 radical (unpaired) electrons. The van der Waals surface area contributed by atoms with Gasteiger partial charge in [0.1, 0.15) is 0 Å². The predicted octanol–water partition coefficient (Wildman–Crippen LogP) is 8.28. The van der Waals surface area contributed by atoms with Crippen LogP contribution in [0.3, 0.4) is 0 Å². The molecule has 3 saturated heterocycles. The molecule has 3 nitrogen and oxygen atoms in total. The summed E-state index contributed by atoms with van der Waals surface area (Å²) in [6.45, 7) is 22.8. The van der Waals surface area contributed by atoms with E-state index in [4.69, 9.17) is 14.2 Å². The van der Waals surface area contributed by atoms with Crippen molar-refractivity contribution in [3.8, 4) is 0 Å². The molecule has 3 rings (SSSR count). The van der Waals surface area contributed by atoms with Crippen molar-refractivity contribution in [3.63, 3.8) is 0 Å². The third-order valence-electron chi connectivity index (χ3n) is 9.29. The SMILES string of the molecule is C=C1C[C@H](CCCC)OC1CC[C@H]1C[C@@H](C)C(=C)C(C[C@@H]2O[C@H](C[C@H](C)CC)[C@H](C)[C@H]2CC)O1. The van der Waals surface area contributed by atoms with Gasteiger partial charge in [0, 0.05) is 6.42 Å². The van der Waals surface area contributed by atoms with E-state index in [1.54, 1.807) is 0 Å². The number of ether oxygens (including phenoxy) is 3. The summed E-state index contributed by atoms with van der Waals surface area (Å²) < 4.78 is 19.8. The molecule has 0 aromatic rings. The zero-order chi connectivity index (χ0) is 24.8. The summed E-state index contributed by atoms with van der Waals surface area (Å²) in [4.78, 5) is 0. The van der Waals surface area contributed by atoms with Crippen molar-refractivity contribution in [2.24, 2.45) is 23.7 Å². The van der Waals surface area contributed by atoms with Gasteiger partial charge in [0.05, 0.1) is 36.6 Å². The van der Waals surface area contributed by atoms with Crippen LogP contribution in [0.25, 0.3) is 0 Å². The minimum atomic E-state index is 0.118. The quantitative estimate of drug-likeness (QED) is 0.266. The smallest absolute Gasteiger partial charge is 0.0813 e. The summed E-state index contributed by atoms with van der Waals surface area (Å²) in [7, 11) is 0. The second kappa shape index (κ2) is 13.1. The second-order valence-corrected chi connectivity index (χ2v) is 11.9. The van der Waals surface area contributed by atoms with Crippen LogP contribution in [0.4, 0.5) is 0 Å².